The molecule has 1 saturated heterocycles. The van der Waals surface area contributed by atoms with Crippen molar-refractivity contribution in [3.05, 3.63) is 33.9 Å². The molecule has 5 heteroatoms. The second-order valence-electron chi connectivity index (χ2n) is 4.07. The van der Waals surface area contributed by atoms with Crippen molar-refractivity contribution in [3.63, 3.8) is 0 Å². The molecule has 1 heterocycles. The molecule has 0 amide bonds. The lowest BCUT2D eigenvalue weighted by Gasteiger charge is -2.19. The summed E-state index contributed by atoms with van der Waals surface area (Å²) in [5.74, 6) is 0. The van der Waals surface area contributed by atoms with Gasteiger partial charge in [-0.3, -0.25) is 10.1 Å². The van der Waals surface area contributed by atoms with E-state index >= 15 is 0 Å². The predicted molar refractivity (Wildman–Crippen MR) is 60.7 cm³/mol. The molecule has 86 valence electrons. The number of hydrogen-bond donors (Lipinski definition) is 1. The largest absolute Gasteiger partial charge is 0.391 e. The van der Waals surface area contributed by atoms with E-state index < -0.39 is 0 Å². The van der Waals surface area contributed by atoms with E-state index in [0.29, 0.717) is 12.1 Å². The number of β-amino-alcohol motifs (C(OH)–C–C–N with tert-alkyl or cyclic N) is 1. The van der Waals surface area contributed by atoms with Crippen LogP contribution in [0.4, 0.5) is 11.4 Å². The maximum atomic E-state index is 10.8. The molecule has 2 rings (SSSR count). The molecule has 1 aliphatic rings. The molecule has 1 aromatic carbocycles. The maximum absolute atomic E-state index is 10.8. The highest BCUT2D eigenvalue weighted by molar-refractivity contribution is 5.61. The molecule has 0 spiro atoms. The van der Waals surface area contributed by atoms with Crippen molar-refractivity contribution < 1.29 is 10.0 Å². The lowest BCUT2D eigenvalue weighted by atomic mass is 10.1. The third-order valence-electron chi connectivity index (χ3n) is 2.98. The summed E-state index contributed by atoms with van der Waals surface area (Å²) < 4.78 is 0. The fraction of sp³-hybridized carbons (Fsp3) is 0.455. The summed E-state index contributed by atoms with van der Waals surface area (Å²) in [5.41, 5.74) is 1.66. The number of nitrogens with zero attached hydrogens (tertiary/aromatic N) is 2. The van der Waals surface area contributed by atoms with Crippen LogP contribution < -0.4 is 4.90 Å². The first-order valence-electron chi connectivity index (χ1n) is 5.26. The van der Waals surface area contributed by atoms with Gasteiger partial charge in [-0.05, 0) is 19.4 Å². The van der Waals surface area contributed by atoms with Gasteiger partial charge in [0.1, 0.15) is 0 Å². The Hall–Kier alpha value is -1.62. The molecule has 1 N–H and O–H groups in total. The van der Waals surface area contributed by atoms with Crippen LogP contribution in [0.3, 0.4) is 0 Å². The second-order valence-corrected chi connectivity index (χ2v) is 4.07. The van der Waals surface area contributed by atoms with Crippen LogP contribution in [0.2, 0.25) is 0 Å². The average molecular weight is 222 g/mol. The van der Waals surface area contributed by atoms with Crippen molar-refractivity contribution in [1.29, 1.82) is 0 Å². The molecule has 16 heavy (non-hydrogen) atoms. The Morgan fingerprint density at radius 3 is 2.88 bits per heavy atom. The number of benzene rings is 1. The van der Waals surface area contributed by atoms with Crippen LogP contribution in [0, 0.1) is 17.0 Å². The summed E-state index contributed by atoms with van der Waals surface area (Å²) >= 11 is 0. The van der Waals surface area contributed by atoms with Crippen molar-refractivity contribution in [2.75, 3.05) is 18.0 Å². The molecule has 1 atom stereocenters. The Bertz CT molecular complexity index is 420. The van der Waals surface area contributed by atoms with Gasteiger partial charge in [-0.15, -0.1) is 0 Å². The Labute approximate surface area is 93.5 Å². The highest BCUT2D eigenvalue weighted by Gasteiger charge is 2.24. The van der Waals surface area contributed by atoms with Crippen LogP contribution in [0.1, 0.15) is 12.0 Å². The average Bonchev–Trinajstić information content (AvgIpc) is 2.64. The molecule has 0 bridgehead atoms. The van der Waals surface area contributed by atoms with Gasteiger partial charge in [0.15, 0.2) is 0 Å². The first-order chi connectivity index (χ1) is 7.59. The third kappa shape index (κ3) is 1.86. The summed E-state index contributed by atoms with van der Waals surface area (Å²) in [7, 11) is 0. The van der Waals surface area contributed by atoms with Gasteiger partial charge in [0, 0.05) is 24.8 Å². The number of nitro benzene ring substituents is 1. The van der Waals surface area contributed by atoms with Crippen LogP contribution in [0.15, 0.2) is 18.2 Å². The Morgan fingerprint density at radius 2 is 2.31 bits per heavy atom. The van der Waals surface area contributed by atoms with Crippen LogP contribution in [0.5, 0.6) is 0 Å². The van der Waals surface area contributed by atoms with Gasteiger partial charge < -0.3 is 10.0 Å². The molecular formula is C11H14N2O3. The highest BCUT2D eigenvalue weighted by Crippen LogP contribution is 2.30. The van der Waals surface area contributed by atoms with Gasteiger partial charge in [-0.2, -0.15) is 0 Å². The number of anilines is 1. The van der Waals surface area contributed by atoms with E-state index in [2.05, 4.69) is 0 Å². The molecule has 0 saturated carbocycles. The first-order valence-corrected chi connectivity index (χ1v) is 5.26. The fourth-order valence-electron chi connectivity index (χ4n) is 2.11. The molecule has 0 aromatic heterocycles. The predicted octanol–water partition coefficient (Wildman–Crippen LogP) is 1.47. The molecule has 0 radical (unpaired) electrons. The number of aliphatic hydroxyl groups is 1. The van der Waals surface area contributed by atoms with Crippen molar-refractivity contribution in [1.82, 2.24) is 0 Å². The summed E-state index contributed by atoms with van der Waals surface area (Å²) in [4.78, 5) is 12.4. The van der Waals surface area contributed by atoms with E-state index in [4.69, 9.17) is 0 Å². The quantitative estimate of drug-likeness (QED) is 0.608. The van der Waals surface area contributed by atoms with Crippen molar-refractivity contribution in [3.8, 4) is 0 Å². The lowest BCUT2D eigenvalue weighted by Crippen LogP contribution is -2.22. The summed E-state index contributed by atoms with van der Waals surface area (Å²) in [6.07, 6.45) is 0.404. The van der Waals surface area contributed by atoms with E-state index in [1.54, 1.807) is 13.0 Å². The minimum atomic E-state index is -0.370. The zero-order valence-electron chi connectivity index (χ0n) is 9.09. The molecule has 1 unspecified atom stereocenters. The smallest absolute Gasteiger partial charge is 0.274 e. The first kappa shape index (κ1) is 10.9. The van der Waals surface area contributed by atoms with Crippen molar-refractivity contribution >= 4 is 11.4 Å². The Morgan fingerprint density at radius 1 is 1.56 bits per heavy atom. The SMILES string of the molecule is Cc1c(N2CCC(O)C2)cccc1[N+](=O)[O-]. The van der Waals surface area contributed by atoms with E-state index in [0.717, 1.165) is 18.7 Å². The van der Waals surface area contributed by atoms with Crippen LogP contribution in [0.25, 0.3) is 0 Å². The van der Waals surface area contributed by atoms with E-state index in [1.807, 2.05) is 11.0 Å². The van der Waals surface area contributed by atoms with E-state index in [9.17, 15) is 15.2 Å². The van der Waals surface area contributed by atoms with Gasteiger partial charge in [0.25, 0.3) is 5.69 Å². The summed E-state index contributed by atoms with van der Waals surface area (Å²) in [5, 5.41) is 20.2. The number of nitro groups is 1. The normalized spacial score (nSPS) is 20.1. The second kappa shape index (κ2) is 4.09. The molecule has 5 nitrogen and oxygen atoms in total. The highest BCUT2D eigenvalue weighted by atomic mass is 16.6. The molecule has 0 aliphatic carbocycles. The van der Waals surface area contributed by atoms with E-state index in [-0.39, 0.29) is 16.7 Å². The molecule has 1 fully saturated rings. The van der Waals surface area contributed by atoms with Gasteiger partial charge in [0.2, 0.25) is 0 Å². The van der Waals surface area contributed by atoms with Crippen LogP contribution >= 0.6 is 0 Å². The number of aliphatic hydroxyl groups excluding tert-OH is 1. The minimum Gasteiger partial charge on any atom is -0.391 e. The monoisotopic (exact) mass is 222 g/mol. The van der Waals surface area contributed by atoms with Crippen LogP contribution in [-0.4, -0.2) is 29.2 Å². The van der Waals surface area contributed by atoms with E-state index in [1.165, 1.54) is 6.07 Å². The minimum absolute atomic E-state index is 0.138. The van der Waals surface area contributed by atoms with Crippen LogP contribution in [-0.2, 0) is 0 Å². The fourth-order valence-corrected chi connectivity index (χ4v) is 2.11. The van der Waals surface area contributed by atoms with Gasteiger partial charge in [0.05, 0.1) is 16.6 Å². The third-order valence-corrected chi connectivity index (χ3v) is 2.98. The zero-order valence-corrected chi connectivity index (χ0v) is 9.09. The summed E-state index contributed by atoms with van der Waals surface area (Å²) in [6, 6.07) is 5.05. The molecule has 1 aliphatic heterocycles. The summed E-state index contributed by atoms with van der Waals surface area (Å²) in [6.45, 7) is 3.06. The number of rotatable bonds is 2. The van der Waals surface area contributed by atoms with Gasteiger partial charge in [-0.1, -0.05) is 6.07 Å². The van der Waals surface area contributed by atoms with Gasteiger partial charge >= 0.3 is 0 Å². The standard InChI is InChI=1S/C11H14N2O3/c1-8-10(12-6-5-9(14)7-12)3-2-4-11(8)13(15)16/h2-4,9,14H,5-7H2,1H3. The van der Waals surface area contributed by atoms with Gasteiger partial charge in [-0.25, -0.2) is 0 Å². The molecular weight excluding hydrogens is 208 g/mol. The van der Waals surface area contributed by atoms with Crippen molar-refractivity contribution in [2.45, 2.75) is 19.4 Å². The Kier molecular flexibility index (Phi) is 2.78. The molecule has 1 aromatic rings. The Balaban J connectivity index is 2.34. The maximum Gasteiger partial charge on any atom is 0.274 e. The number of hydrogen-bond acceptors (Lipinski definition) is 4. The zero-order chi connectivity index (χ0) is 11.7. The van der Waals surface area contributed by atoms with Crippen molar-refractivity contribution in [2.24, 2.45) is 0 Å². The lowest BCUT2D eigenvalue weighted by molar-refractivity contribution is -0.385. The topological polar surface area (TPSA) is 66.6 Å².